The summed E-state index contributed by atoms with van der Waals surface area (Å²) in [6.45, 7) is 0.606. The smallest absolute Gasteiger partial charge is 0.277 e. The number of aromatic nitrogens is 2. The summed E-state index contributed by atoms with van der Waals surface area (Å²) in [7, 11) is 1.79. The third-order valence-corrected chi connectivity index (χ3v) is 5.10. The van der Waals surface area contributed by atoms with Crippen LogP contribution < -0.4 is 0 Å². The Morgan fingerprint density at radius 2 is 2.21 bits per heavy atom. The average Bonchev–Trinajstić information content (AvgIpc) is 3.24. The number of thiophene rings is 1. The minimum atomic E-state index is 0.0101. The van der Waals surface area contributed by atoms with Gasteiger partial charge in [-0.3, -0.25) is 4.79 Å². The molecule has 1 aromatic carbocycles. The van der Waals surface area contributed by atoms with Gasteiger partial charge in [-0.1, -0.05) is 35.5 Å². The minimum absolute atomic E-state index is 0.0101. The number of amides is 1. The molecule has 0 atom stereocenters. The van der Waals surface area contributed by atoms with Gasteiger partial charge in [0, 0.05) is 22.5 Å². The summed E-state index contributed by atoms with van der Waals surface area (Å²) in [6.07, 6.45) is 0. The lowest BCUT2D eigenvalue weighted by atomic mass is 10.2. The molecule has 0 bridgehead atoms. The van der Waals surface area contributed by atoms with Gasteiger partial charge < -0.3 is 9.32 Å². The first-order valence-electron chi connectivity index (χ1n) is 7.10. The van der Waals surface area contributed by atoms with Crippen LogP contribution in [0.3, 0.4) is 0 Å². The standard InChI is InChI=1S/C16H14ClN3O2S2/c1-20(9-13-6-3-7-23-13)14(21)10-24-16-19-18-15(22-16)11-4-2-5-12(17)8-11/h2-8H,9-10H2,1H3. The SMILES string of the molecule is CN(Cc1cccs1)C(=O)CSc1nnc(-c2cccc(Cl)c2)o1. The highest BCUT2D eigenvalue weighted by Gasteiger charge is 2.14. The van der Waals surface area contributed by atoms with E-state index >= 15 is 0 Å². The molecule has 0 fully saturated rings. The Morgan fingerprint density at radius 3 is 2.96 bits per heavy atom. The summed E-state index contributed by atoms with van der Waals surface area (Å²) in [5, 5.41) is 10.9. The van der Waals surface area contributed by atoms with Crippen LogP contribution in [0.25, 0.3) is 11.5 Å². The topological polar surface area (TPSA) is 59.2 Å². The second kappa shape index (κ2) is 7.83. The molecular formula is C16H14ClN3O2S2. The summed E-state index contributed by atoms with van der Waals surface area (Å²) in [5.74, 6) is 0.647. The first-order valence-corrected chi connectivity index (χ1v) is 9.35. The number of carbonyl (C=O) groups is 1. The highest BCUT2D eigenvalue weighted by molar-refractivity contribution is 7.99. The maximum atomic E-state index is 12.2. The predicted molar refractivity (Wildman–Crippen MR) is 96.3 cm³/mol. The Kier molecular flexibility index (Phi) is 5.55. The first kappa shape index (κ1) is 17.0. The fourth-order valence-electron chi connectivity index (χ4n) is 1.96. The Morgan fingerprint density at radius 1 is 1.33 bits per heavy atom. The van der Waals surface area contributed by atoms with Crippen LogP contribution in [0.4, 0.5) is 0 Å². The molecule has 24 heavy (non-hydrogen) atoms. The molecule has 0 aliphatic carbocycles. The lowest BCUT2D eigenvalue weighted by Crippen LogP contribution is -2.27. The quantitative estimate of drug-likeness (QED) is 0.600. The normalized spacial score (nSPS) is 10.8. The molecule has 2 heterocycles. The van der Waals surface area contributed by atoms with Gasteiger partial charge in [-0.2, -0.15) is 0 Å². The van der Waals surface area contributed by atoms with Crippen LogP contribution in [-0.4, -0.2) is 33.8 Å². The van der Waals surface area contributed by atoms with Crippen LogP contribution in [0.1, 0.15) is 4.88 Å². The molecule has 124 valence electrons. The molecule has 2 aromatic heterocycles. The number of benzene rings is 1. The zero-order chi connectivity index (χ0) is 16.9. The van der Waals surface area contributed by atoms with E-state index in [4.69, 9.17) is 16.0 Å². The van der Waals surface area contributed by atoms with E-state index in [-0.39, 0.29) is 11.7 Å². The maximum Gasteiger partial charge on any atom is 0.277 e. The Labute approximate surface area is 152 Å². The van der Waals surface area contributed by atoms with Crippen molar-refractivity contribution >= 4 is 40.6 Å². The number of thioether (sulfide) groups is 1. The van der Waals surface area contributed by atoms with Gasteiger partial charge in [-0.15, -0.1) is 21.5 Å². The van der Waals surface area contributed by atoms with Crippen molar-refractivity contribution in [3.8, 4) is 11.5 Å². The molecule has 5 nitrogen and oxygen atoms in total. The molecule has 0 radical (unpaired) electrons. The fourth-order valence-corrected chi connectivity index (χ4v) is 3.62. The molecule has 8 heteroatoms. The molecule has 3 rings (SSSR count). The number of rotatable bonds is 6. The summed E-state index contributed by atoms with van der Waals surface area (Å²) in [4.78, 5) is 15.0. The summed E-state index contributed by atoms with van der Waals surface area (Å²) in [6, 6.07) is 11.2. The van der Waals surface area contributed by atoms with Gasteiger partial charge in [0.2, 0.25) is 11.8 Å². The minimum Gasteiger partial charge on any atom is -0.411 e. The van der Waals surface area contributed by atoms with E-state index in [2.05, 4.69) is 10.2 Å². The lowest BCUT2D eigenvalue weighted by molar-refractivity contribution is -0.127. The van der Waals surface area contributed by atoms with E-state index in [0.29, 0.717) is 22.7 Å². The van der Waals surface area contributed by atoms with Crippen LogP contribution in [0.5, 0.6) is 0 Å². The Bertz CT molecular complexity index is 820. The zero-order valence-electron chi connectivity index (χ0n) is 12.8. The number of carbonyl (C=O) groups excluding carboxylic acids is 1. The van der Waals surface area contributed by atoms with E-state index in [1.807, 2.05) is 29.6 Å². The molecule has 1 amide bonds. The summed E-state index contributed by atoms with van der Waals surface area (Å²) < 4.78 is 5.57. The number of hydrogen-bond acceptors (Lipinski definition) is 6. The third kappa shape index (κ3) is 4.37. The summed E-state index contributed by atoms with van der Waals surface area (Å²) in [5.41, 5.74) is 0.753. The highest BCUT2D eigenvalue weighted by atomic mass is 35.5. The second-order valence-electron chi connectivity index (χ2n) is 5.00. The van der Waals surface area contributed by atoms with E-state index in [1.54, 1.807) is 35.4 Å². The molecule has 0 aliphatic rings. The van der Waals surface area contributed by atoms with Gasteiger partial charge in [0.05, 0.1) is 12.3 Å². The van der Waals surface area contributed by atoms with Crippen LogP contribution >= 0.6 is 34.7 Å². The monoisotopic (exact) mass is 379 g/mol. The van der Waals surface area contributed by atoms with Crippen molar-refractivity contribution in [2.75, 3.05) is 12.8 Å². The van der Waals surface area contributed by atoms with Crippen LogP contribution in [0.15, 0.2) is 51.4 Å². The van der Waals surface area contributed by atoms with Crippen molar-refractivity contribution in [2.24, 2.45) is 0 Å². The van der Waals surface area contributed by atoms with E-state index in [0.717, 1.165) is 10.4 Å². The lowest BCUT2D eigenvalue weighted by Gasteiger charge is -2.15. The van der Waals surface area contributed by atoms with Crippen molar-refractivity contribution in [1.29, 1.82) is 0 Å². The molecule has 0 spiro atoms. The third-order valence-electron chi connectivity index (χ3n) is 3.20. The van der Waals surface area contributed by atoms with Gasteiger partial charge in [-0.25, -0.2) is 0 Å². The van der Waals surface area contributed by atoms with Crippen molar-refractivity contribution in [3.05, 3.63) is 51.7 Å². The zero-order valence-corrected chi connectivity index (χ0v) is 15.2. The Hall–Kier alpha value is -1.83. The summed E-state index contributed by atoms with van der Waals surface area (Å²) >= 11 is 8.81. The molecule has 0 saturated carbocycles. The van der Waals surface area contributed by atoms with Crippen LogP contribution in [-0.2, 0) is 11.3 Å². The highest BCUT2D eigenvalue weighted by Crippen LogP contribution is 2.25. The van der Waals surface area contributed by atoms with Crippen molar-refractivity contribution in [3.63, 3.8) is 0 Å². The maximum absolute atomic E-state index is 12.2. The van der Waals surface area contributed by atoms with Gasteiger partial charge >= 0.3 is 0 Å². The molecule has 0 aliphatic heterocycles. The number of nitrogens with zero attached hydrogens (tertiary/aromatic N) is 3. The van der Waals surface area contributed by atoms with E-state index < -0.39 is 0 Å². The van der Waals surface area contributed by atoms with Gasteiger partial charge in [0.25, 0.3) is 5.22 Å². The largest absolute Gasteiger partial charge is 0.411 e. The average molecular weight is 380 g/mol. The first-order chi connectivity index (χ1) is 11.6. The fraction of sp³-hybridized carbons (Fsp3) is 0.188. The van der Waals surface area contributed by atoms with E-state index in [1.165, 1.54) is 11.8 Å². The second-order valence-corrected chi connectivity index (χ2v) is 7.40. The van der Waals surface area contributed by atoms with Crippen molar-refractivity contribution in [1.82, 2.24) is 15.1 Å². The van der Waals surface area contributed by atoms with Crippen LogP contribution in [0, 0.1) is 0 Å². The molecule has 0 unspecified atom stereocenters. The molecule has 3 aromatic rings. The molecule has 0 N–H and O–H groups in total. The van der Waals surface area contributed by atoms with Crippen molar-refractivity contribution < 1.29 is 9.21 Å². The van der Waals surface area contributed by atoms with Gasteiger partial charge in [-0.05, 0) is 29.6 Å². The van der Waals surface area contributed by atoms with Crippen LogP contribution in [0.2, 0.25) is 5.02 Å². The Balaban J connectivity index is 1.56. The van der Waals surface area contributed by atoms with Gasteiger partial charge in [0.1, 0.15) is 0 Å². The molecular weight excluding hydrogens is 366 g/mol. The molecule has 0 saturated heterocycles. The van der Waals surface area contributed by atoms with Crippen molar-refractivity contribution in [2.45, 2.75) is 11.8 Å². The predicted octanol–water partition coefficient (Wildman–Crippen LogP) is 4.20. The van der Waals surface area contributed by atoms with E-state index in [9.17, 15) is 4.79 Å². The number of hydrogen-bond donors (Lipinski definition) is 0. The number of halogens is 1. The van der Waals surface area contributed by atoms with Gasteiger partial charge in [0.15, 0.2) is 0 Å².